The second-order valence-corrected chi connectivity index (χ2v) is 6.14. The summed E-state index contributed by atoms with van der Waals surface area (Å²) < 4.78 is 4.90. The Bertz CT molecular complexity index is 918. The van der Waals surface area contributed by atoms with Crippen molar-refractivity contribution in [3.8, 4) is 0 Å². The molecule has 1 aromatic heterocycles. The Morgan fingerprint density at radius 1 is 1.04 bits per heavy atom. The van der Waals surface area contributed by atoms with Gasteiger partial charge in [0.15, 0.2) is 5.82 Å². The Balaban J connectivity index is 1.57. The topological polar surface area (TPSA) is 84.2 Å². The highest BCUT2D eigenvalue weighted by Gasteiger charge is 2.10. The number of aromatic nitrogens is 1. The van der Waals surface area contributed by atoms with Crippen LogP contribution < -0.4 is 10.6 Å². The van der Waals surface area contributed by atoms with Gasteiger partial charge in [0.25, 0.3) is 5.91 Å². The highest BCUT2D eigenvalue weighted by Crippen LogP contribution is 2.14. The van der Waals surface area contributed by atoms with Gasteiger partial charge in [-0.25, -0.2) is 0 Å². The van der Waals surface area contributed by atoms with Gasteiger partial charge in [-0.15, -0.1) is 0 Å². The molecule has 0 spiro atoms. The number of benzene rings is 2. The van der Waals surface area contributed by atoms with Crippen molar-refractivity contribution in [1.29, 1.82) is 0 Å². The number of amides is 2. The van der Waals surface area contributed by atoms with Crippen LogP contribution in [0.2, 0.25) is 5.02 Å². The Labute approximate surface area is 155 Å². The van der Waals surface area contributed by atoms with Gasteiger partial charge in [0.2, 0.25) is 5.91 Å². The van der Waals surface area contributed by atoms with Crippen molar-refractivity contribution >= 4 is 34.9 Å². The Morgan fingerprint density at radius 2 is 1.73 bits per heavy atom. The van der Waals surface area contributed by atoms with Gasteiger partial charge < -0.3 is 15.2 Å². The van der Waals surface area contributed by atoms with E-state index in [2.05, 4.69) is 15.8 Å². The van der Waals surface area contributed by atoms with Gasteiger partial charge in [-0.3, -0.25) is 9.59 Å². The van der Waals surface area contributed by atoms with E-state index in [0.717, 1.165) is 5.56 Å². The first kappa shape index (κ1) is 17.7. The van der Waals surface area contributed by atoms with Crippen molar-refractivity contribution < 1.29 is 14.1 Å². The van der Waals surface area contributed by atoms with E-state index in [1.165, 1.54) is 0 Å². The molecule has 0 aliphatic rings. The normalized spacial score (nSPS) is 10.4. The van der Waals surface area contributed by atoms with E-state index in [1.54, 1.807) is 61.5 Å². The van der Waals surface area contributed by atoms with Crippen molar-refractivity contribution in [3.63, 3.8) is 0 Å². The molecule has 0 unspecified atom stereocenters. The average molecular weight is 370 g/mol. The highest BCUT2D eigenvalue weighted by atomic mass is 35.5. The summed E-state index contributed by atoms with van der Waals surface area (Å²) in [4.78, 5) is 24.2. The van der Waals surface area contributed by atoms with Crippen molar-refractivity contribution in [2.45, 2.75) is 13.3 Å². The van der Waals surface area contributed by atoms with Crippen LogP contribution in [0.3, 0.4) is 0 Å². The molecule has 26 heavy (non-hydrogen) atoms. The zero-order valence-corrected chi connectivity index (χ0v) is 14.7. The molecule has 0 saturated heterocycles. The maximum Gasteiger partial charge on any atom is 0.256 e. The molecular weight excluding hydrogens is 354 g/mol. The van der Waals surface area contributed by atoms with Crippen LogP contribution in [-0.4, -0.2) is 17.0 Å². The summed E-state index contributed by atoms with van der Waals surface area (Å²) in [6, 6.07) is 15.3. The summed E-state index contributed by atoms with van der Waals surface area (Å²) in [5.74, 6) is 0.506. The molecule has 0 aliphatic carbocycles. The van der Waals surface area contributed by atoms with E-state index in [9.17, 15) is 9.59 Å². The van der Waals surface area contributed by atoms with Gasteiger partial charge in [-0.2, -0.15) is 0 Å². The average Bonchev–Trinajstić information content (AvgIpc) is 3.02. The zero-order valence-electron chi connectivity index (χ0n) is 14.0. The summed E-state index contributed by atoms with van der Waals surface area (Å²) in [5, 5.41) is 9.77. The Morgan fingerprint density at radius 3 is 2.35 bits per heavy atom. The third-order valence-corrected chi connectivity index (χ3v) is 3.83. The number of carbonyl (C=O) groups is 2. The van der Waals surface area contributed by atoms with Crippen LogP contribution in [0.25, 0.3) is 0 Å². The summed E-state index contributed by atoms with van der Waals surface area (Å²) in [5.41, 5.74) is 1.92. The predicted molar refractivity (Wildman–Crippen MR) is 99.4 cm³/mol. The van der Waals surface area contributed by atoms with Gasteiger partial charge in [0, 0.05) is 22.3 Å². The van der Waals surface area contributed by atoms with Crippen LogP contribution in [0, 0.1) is 6.92 Å². The second-order valence-electron chi connectivity index (χ2n) is 5.71. The van der Waals surface area contributed by atoms with Crippen LogP contribution in [0.4, 0.5) is 11.5 Å². The summed E-state index contributed by atoms with van der Waals surface area (Å²) >= 11 is 5.83. The molecule has 0 fully saturated rings. The fourth-order valence-electron chi connectivity index (χ4n) is 2.31. The van der Waals surface area contributed by atoms with E-state index in [0.29, 0.717) is 27.9 Å². The maximum absolute atomic E-state index is 12.1. The molecule has 132 valence electrons. The number of carbonyl (C=O) groups excluding carboxylic acids is 2. The smallest absolute Gasteiger partial charge is 0.256 e. The molecule has 2 amide bonds. The van der Waals surface area contributed by atoms with Gasteiger partial charge in [-0.1, -0.05) is 28.9 Å². The predicted octanol–water partition coefficient (Wildman–Crippen LogP) is 4.07. The van der Waals surface area contributed by atoms with E-state index in [-0.39, 0.29) is 18.2 Å². The van der Waals surface area contributed by atoms with E-state index in [1.807, 2.05) is 0 Å². The minimum absolute atomic E-state index is 0.150. The number of rotatable bonds is 5. The number of aryl methyl sites for hydroxylation is 1. The van der Waals surface area contributed by atoms with Gasteiger partial charge in [0.1, 0.15) is 5.76 Å². The van der Waals surface area contributed by atoms with Crippen molar-refractivity contribution in [2.75, 3.05) is 10.6 Å². The maximum atomic E-state index is 12.1. The lowest BCUT2D eigenvalue weighted by Gasteiger charge is -2.07. The number of hydrogen-bond donors (Lipinski definition) is 2. The molecule has 3 aromatic rings. The Kier molecular flexibility index (Phi) is 5.34. The SMILES string of the molecule is Cc1cc(NC(=O)c2ccc(NC(=O)Cc3ccc(Cl)cc3)cc2)no1. The minimum atomic E-state index is -0.308. The second kappa shape index (κ2) is 7.84. The first-order chi connectivity index (χ1) is 12.5. The lowest BCUT2D eigenvalue weighted by Crippen LogP contribution is -2.15. The van der Waals surface area contributed by atoms with Gasteiger partial charge >= 0.3 is 0 Å². The third-order valence-electron chi connectivity index (χ3n) is 3.58. The molecule has 6 nitrogen and oxygen atoms in total. The van der Waals surface area contributed by atoms with Crippen LogP contribution in [0.1, 0.15) is 21.7 Å². The third kappa shape index (κ3) is 4.70. The molecule has 2 aromatic carbocycles. The monoisotopic (exact) mass is 369 g/mol. The number of hydrogen-bond acceptors (Lipinski definition) is 4. The van der Waals surface area contributed by atoms with E-state index in [4.69, 9.17) is 16.1 Å². The van der Waals surface area contributed by atoms with E-state index < -0.39 is 0 Å². The molecule has 3 rings (SSSR count). The zero-order chi connectivity index (χ0) is 18.5. The molecule has 0 bridgehead atoms. The first-order valence-electron chi connectivity index (χ1n) is 7.88. The van der Waals surface area contributed by atoms with Gasteiger partial charge in [-0.05, 0) is 48.9 Å². The highest BCUT2D eigenvalue weighted by molar-refractivity contribution is 6.30. The number of anilines is 2. The molecule has 0 radical (unpaired) electrons. The lowest BCUT2D eigenvalue weighted by molar-refractivity contribution is -0.115. The van der Waals surface area contributed by atoms with Crippen LogP contribution in [0.5, 0.6) is 0 Å². The molecule has 7 heteroatoms. The summed E-state index contributed by atoms with van der Waals surface area (Å²) in [6.07, 6.45) is 0.241. The van der Waals surface area contributed by atoms with Crippen LogP contribution in [-0.2, 0) is 11.2 Å². The molecular formula is C19H16ClN3O3. The lowest BCUT2D eigenvalue weighted by atomic mass is 10.1. The van der Waals surface area contributed by atoms with E-state index >= 15 is 0 Å². The van der Waals surface area contributed by atoms with Crippen molar-refractivity contribution in [3.05, 3.63) is 76.5 Å². The van der Waals surface area contributed by atoms with Gasteiger partial charge in [0.05, 0.1) is 6.42 Å². The first-order valence-corrected chi connectivity index (χ1v) is 8.26. The molecule has 0 saturated carbocycles. The van der Waals surface area contributed by atoms with Crippen molar-refractivity contribution in [1.82, 2.24) is 5.16 Å². The molecule has 0 atom stereocenters. The van der Waals surface area contributed by atoms with Crippen LogP contribution in [0.15, 0.2) is 59.1 Å². The minimum Gasteiger partial charge on any atom is -0.360 e. The fraction of sp³-hybridized carbons (Fsp3) is 0.105. The largest absolute Gasteiger partial charge is 0.360 e. The quantitative estimate of drug-likeness (QED) is 0.710. The fourth-order valence-corrected chi connectivity index (χ4v) is 2.44. The number of halogens is 1. The standard InChI is InChI=1S/C19H16ClN3O3/c1-12-10-17(23-26-12)22-19(25)14-4-8-16(9-5-14)21-18(24)11-13-2-6-15(20)7-3-13/h2-10H,11H2,1H3,(H,21,24)(H,22,23,25). The van der Waals surface area contributed by atoms with Crippen molar-refractivity contribution in [2.24, 2.45) is 0 Å². The molecule has 0 aliphatic heterocycles. The Hall–Kier alpha value is -3.12. The number of nitrogens with zero attached hydrogens (tertiary/aromatic N) is 1. The molecule has 1 heterocycles. The number of nitrogens with one attached hydrogen (secondary N) is 2. The van der Waals surface area contributed by atoms with Crippen LogP contribution >= 0.6 is 11.6 Å². The summed E-state index contributed by atoms with van der Waals surface area (Å²) in [6.45, 7) is 1.74. The summed E-state index contributed by atoms with van der Waals surface area (Å²) in [7, 11) is 0. The molecule has 2 N–H and O–H groups in total.